The standard InChI is InChI=1S/C14H14N2O3S2/c1-19-12-6-8-13(9-7-12)21(17,18)16-11-4-2-10(3-5-11)14(15)20/h2-9,16H,1H3,(H2,15,20). The minimum absolute atomic E-state index is 0.154. The van der Waals surface area contributed by atoms with Crippen molar-refractivity contribution in [1.29, 1.82) is 0 Å². The number of anilines is 1. The third-order valence-electron chi connectivity index (χ3n) is 2.79. The maximum Gasteiger partial charge on any atom is 0.261 e. The molecule has 5 nitrogen and oxygen atoms in total. The second kappa shape index (κ2) is 6.11. The fourth-order valence-electron chi connectivity index (χ4n) is 1.67. The quantitative estimate of drug-likeness (QED) is 0.824. The van der Waals surface area contributed by atoms with E-state index in [9.17, 15) is 8.42 Å². The molecule has 0 bridgehead atoms. The predicted octanol–water partition coefficient (Wildman–Crippen LogP) is 2.13. The van der Waals surface area contributed by atoms with Gasteiger partial charge in [0.25, 0.3) is 10.0 Å². The number of nitrogens with two attached hydrogens (primary N) is 1. The van der Waals surface area contributed by atoms with E-state index in [1.165, 1.54) is 19.2 Å². The van der Waals surface area contributed by atoms with E-state index in [0.717, 1.165) is 0 Å². The summed E-state index contributed by atoms with van der Waals surface area (Å²) < 4.78 is 31.9. The van der Waals surface area contributed by atoms with E-state index in [-0.39, 0.29) is 9.88 Å². The zero-order valence-corrected chi connectivity index (χ0v) is 12.9. The smallest absolute Gasteiger partial charge is 0.261 e. The summed E-state index contributed by atoms with van der Waals surface area (Å²) in [5, 5.41) is 0. The summed E-state index contributed by atoms with van der Waals surface area (Å²) in [7, 11) is -2.12. The average molecular weight is 322 g/mol. The molecule has 3 N–H and O–H groups in total. The topological polar surface area (TPSA) is 81.4 Å². The van der Waals surface area contributed by atoms with Gasteiger partial charge < -0.3 is 10.5 Å². The van der Waals surface area contributed by atoms with E-state index < -0.39 is 10.0 Å². The number of thiocarbonyl (C=S) groups is 1. The Balaban J connectivity index is 2.21. The van der Waals surface area contributed by atoms with Crippen LogP contribution in [-0.2, 0) is 10.0 Å². The minimum atomic E-state index is -3.64. The van der Waals surface area contributed by atoms with Crippen LogP contribution in [0.2, 0.25) is 0 Å². The van der Waals surface area contributed by atoms with Gasteiger partial charge in [-0.25, -0.2) is 8.42 Å². The lowest BCUT2D eigenvalue weighted by Gasteiger charge is -2.09. The van der Waals surface area contributed by atoms with Crippen molar-refractivity contribution >= 4 is 32.9 Å². The van der Waals surface area contributed by atoms with Gasteiger partial charge in [-0.15, -0.1) is 0 Å². The molecule has 0 heterocycles. The van der Waals surface area contributed by atoms with Crippen molar-refractivity contribution in [2.45, 2.75) is 4.90 Å². The van der Waals surface area contributed by atoms with Crippen LogP contribution >= 0.6 is 12.2 Å². The molecule has 0 aromatic heterocycles. The molecule has 7 heteroatoms. The third kappa shape index (κ3) is 3.71. The normalized spacial score (nSPS) is 10.9. The lowest BCUT2D eigenvalue weighted by atomic mass is 10.2. The lowest BCUT2D eigenvalue weighted by Crippen LogP contribution is -2.13. The second-order valence-electron chi connectivity index (χ2n) is 4.22. The highest BCUT2D eigenvalue weighted by molar-refractivity contribution is 7.92. The third-order valence-corrected chi connectivity index (χ3v) is 4.42. The van der Waals surface area contributed by atoms with Crippen molar-refractivity contribution in [3.05, 3.63) is 54.1 Å². The van der Waals surface area contributed by atoms with Gasteiger partial charge in [0.2, 0.25) is 0 Å². The van der Waals surface area contributed by atoms with Crippen LogP contribution in [0.1, 0.15) is 5.56 Å². The molecule has 2 rings (SSSR count). The highest BCUT2D eigenvalue weighted by atomic mass is 32.2. The Morgan fingerprint density at radius 2 is 1.67 bits per heavy atom. The molecule has 0 spiro atoms. The van der Waals surface area contributed by atoms with E-state index in [0.29, 0.717) is 17.0 Å². The van der Waals surface area contributed by atoms with Crippen molar-refractivity contribution in [3.8, 4) is 5.75 Å². The van der Waals surface area contributed by atoms with Crippen LogP contribution in [0.3, 0.4) is 0 Å². The Kier molecular flexibility index (Phi) is 4.44. The zero-order valence-electron chi connectivity index (χ0n) is 11.2. The number of methoxy groups -OCH3 is 1. The van der Waals surface area contributed by atoms with Crippen LogP contribution in [0.5, 0.6) is 5.75 Å². The van der Waals surface area contributed by atoms with Gasteiger partial charge in [0.1, 0.15) is 10.7 Å². The summed E-state index contributed by atoms with van der Waals surface area (Å²) in [6, 6.07) is 12.7. The molecule has 0 aliphatic rings. The highest BCUT2D eigenvalue weighted by Crippen LogP contribution is 2.19. The molecular formula is C14H14N2O3S2. The molecule has 0 radical (unpaired) electrons. The number of hydrogen-bond acceptors (Lipinski definition) is 4. The number of sulfonamides is 1. The van der Waals surface area contributed by atoms with Gasteiger partial charge in [0.15, 0.2) is 0 Å². The molecule has 0 fully saturated rings. The summed E-state index contributed by atoms with van der Waals surface area (Å²) in [5.74, 6) is 0.592. The van der Waals surface area contributed by atoms with Gasteiger partial charge in [0, 0.05) is 11.3 Å². The molecule has 0 saturated carbocycles. The van der Waals surface area contributed by atoms with E-state index >= 15 is 0 Å². The van der Waals surface area contributed by atoms with Crippen molar-refractivity contribution in [2.24, 2.45) is 5.73 Å². The molecule has 110 valence electrons. The van der Waals surface area contributed by atoms with Crippen molar-refractivity contribution in [2.75, 3.05) is 11.8 Å². The fraction of sp³-hybridized carbons (Fsp3) is 0.0714. The number of benzene rings is 2. The Bertz CT molecular complexity index is 739. The zero-order chi connectivity index (χ0) is 15.5. The number of ether oxygens (including phenoxy) is 1. The summed E-state index contributed by atoms with van der Waals surface area (Å²) >= 11 is 4.84. The first-order valence-corrected chi connectivity index (χ1v) is 7.88. The van der Waals surface area contributed by atoms with Gasteiger partial charge >= 0.3 is 0 Å². The monoisotopic (exact) mass is 322 g/mol. The van der Waals surface area contributed by atoms with Crippen LogP contribution < -0.4 is 15.2 Å². The number of hydrogen-bond donors (Lipinski definition) is 2. The van der Waals surface area contributed by atoms with Crippen LogP contribution in [0.4, 0.5) is 5.69 Å². The Hall–Kier alpha value is -2.12. The van der Waals surface area contributed by atoms with Crippen LogP contribution in [0.15, 0.2) is 53.4 Å². The molecule has 0 aliphatic heterocycles. The Morgan fingerprint density at radius 3 is 2.14 bits per heavy atom. The molecule has 2 aromatic carbocycles. The van der Waals surface area contributed by atoms with E-state index in [1.807, 2.05) is 0 Å². The first kappa shape index (κ1) is 15.3. The van der Waals surface area contributed by atoms with Gasteiger partial charge in [-0.05, 0) is 48.5 Å². The Labute approximate surface area is 128 Å². The maximum atomic E-state index is 12.2. The van der Waals surface area contributed by atoms with Crippen molar-refractivity contribution in [1.82, 2.24) is 0 Å². The van der Waals surface area contributed by atoms with Gasteiger partial charge in [-0.1, -0.05) is 12.2 Å². The molecule has 0 aliphatic carbocycles. The maximum absolute atomic E-state index is 12.2. The summed E-state index contributed by atoms with van der Waals surface area (Å²) in [4.78, 5) is 0.418. The minimum Gasteiger partial charge on any atom is -0.497 e. The van der Waals surface area contributed by atoms with Crippen molar-refractivity contribution < 1.29 is 13.2 Å². The van der Waals surface area contributed by atoms with Gasteiger partial charge in [-0.2, -0.15) is 0 Å². The molecule has 0 unspecified atom stereocenters. The number of rotatable bonds is 5. The van der Waals surface area contributed by atoms with Crippen molar-refractivity contribution in [3.63, 3.8) is 0 Å². The molecule has 0 saturated heterocycles. The SMILES string of the molecule is COc1ccc(S(=O)(=O)Nc2ccc(C(N)=S)cc2)cc1. The van der Waals surface area contributed by atoms with Crippen LogP contribution in [0, 0.1) is 0 Å². The highest BCUT2D eigenvalue weighted by Gasteiger charge is 2.14. The summed E-state index contributed by atoms with van der Waals surface area (Å²) in [6.07, 6.45) is 0. The molecule has 2 aromatic rings. The first-order chi connectivity index (χ1) is 9.92. The van der Waals surface area contributed by atoms with Crippen LogP contribution in [0.25, 0.3) is 0 Å². The largest absolute Gasteiger partial charge is 0.497 e. The molecule has 0 atom stereocenters. The Morgan fingerprint density at radius 1 is 1.10 bits per heavy atom. The van der Waals surface area contributed by atoms with Crippen LogP contribution in [-0.4, -0.2) is 20.5 Å². The van der Waals surface area contributed by atoms with E-state index in [2.05, 4.69) is 4.72 Å². The summed E-state index contributed by atoms with van der Waals surface area (Å²) in [5.41, 5.74) is 6.60. The molecular weight excluding hydrogens is 308 g/mol. The van der Waals surface area contributed by atoms with E-state index in [4.69, 9.17) is 22.7 Å². The fourth-order valence-corrected chi connectivity index (χ4v) is 2.87. The van der Waals surface area contributed by atoms with Gasteiger partial charge in [-0.3, -0.25) is 4.72 Å². The predicted molar refractivity (Wildman–Crippen MR) is 86.1 cm³/mol. The van der Waals surface area contributed by atoms with Gasteiger partial charge in [0.05, 0.1) is 12.0 Å². The number of nitrogens with one attached hydrogen (secondary N) is 1. The molecule has 0 amide bonds. The van der Waals surface area contributed by atoms with E-state index in [1.54, 1.807) is 36.4 Å². The molecule has 21 heavy (non-hydrogen) atoms. The summed E-state index contributed by atoms with van der Waals surface area (Å²) in [6.45, 7) is 0. The first-order valence-electron chi connectivity index (χ1n) is 5.99. The average Bonchev–Trinajstić information content (AvgIpc) is 2.47. The second-order valence-corrected chi connectivity index (χ2v) is 6.34. The lowest BCUT2D eigenvalue weighted by molar-refractivity contribution is 0.414.